The first-order valence-electron chi connectivity index (χ1n) is 8.59. The third kappa shape index (κ3) is 1.94. The van der Waals surface area contributed by atoms with Gasteiger partial charge >= 0.3 is 0 Å². The van der Waals surface area contributed by atoms with Gasteiger partial charge < -0.3 is 9.47 Å². The van der Waals surface area contributed by atoms with Crippen molar-refractivity contribution < 1.29 is 4.79 Å². The summed E-state index contributed by atoms with van der Waals surface area (Å²) < 4.78 is 2.24. The minimum absolute atomic E-state index is 0.0137. The summed E-state index contributed by atoms with van der Waals surface area (Å²) in [4.78, 5) is 15.0. The Morgan fingerprint density at radius 1 is 1.04 bits per heavy atom. The molecule has 3 aromatic rings. The van der Waals surface area contributed by atoms with E-state index in [1.165, 1.54) is 22.2 Å². The third-order valence-electron chi connectivity index (χ3n) is 5.24. The van der Waals surface area contributed by atoms with Crippen LogP contribution in [-0.4, -0.2) is 21.9 Å². The lowest BCUT2D eigenvalue weighted by molar-refractivity contribution is 0.0750. The van der Waals surface area contributed by atoms with Gasteiger partial charge in [-0.05, 0) is 31.0 Å². The average Bonchev–Trinajstić information content (AvgIpc) is 3.02. The van der Waals surface area contributed by atoms with Crippen molar-refractivity contribution >= 4 is 16.8 Å². The zero-order valence-corrected chi connectivity index (χ0v) is 14.4. The molecule has 2 heterocycles. The topological polar surface area (TPSA) is 25.2 Å². The van der Waals surface area contributed by atoms with E-state index in [0.717, 1.165) is 24.1 Å². The number of nitrogens with zero attached hydrogens (tertiary/aromatic N) is 2. The van der Waals surface area contributed by atoms with Crippen LogP contribution in [0.25, 0.3) is 10.9 Å². The summed E-state index contributed by atoms with van der Waals surface area (Å²) in [5.74, 6) is 0.157. The number of carbonyl (C=O) groups is 1. The summed E-state index contributed by atoms with van der Waals surface area (Å²) in [6.45, 7) is 5.06. The van der Waals surface area contributed by atoms with Gasteiger partial charge in [0.1, 0.15) is 0 Å². The maximum absolute atomic E-state index is 12.9. The quantitative estimate of drug-likeness (QED) is 0.701. The molecule has 0 radical (unpaired) electrons. The van der Waals surface area contributed by atoms with E-state index in [-0.39, 0.29) is 11.9 Å². The number of aromatic nitrogens is 1. The second-order valence-electron chi connectivity index (χ2n) is 6.56. The normalized spacial score (nSPS) is 16.9. The predicted octanol–water partition coefficient (Wildman–Crippen LogP) is 4.44. The highest BCUT2D eigenvalue weighted by Gasteiger charge is 2.39. The fourth-order valence-electron chi connectivity index (χ4n) is 4.05. The highest BCUT2D eigenvalue weighted by molar-refractivity contribution is 6.01. The molecule has 1 aromatic heterocycles. The summed E-state index contributed by atoms with van der Waals surface area (Å²) >= 11 is 0. The standard InChI is InChI=1S/C21H22N2O/c1-4-13-23-20(15-9-5-6-10-16(15)21(23)24)19-14(2)22(3)18-12-8-7-11-17(18)19/h5-12,20H,4,13H2,1-3H3. The lowest BCUT2D eigenvalue weighted by atomic mass is 9.95. The maximum atomic E-state index is 12.9. The number of carbonyl (C=O) groups excluding carboxylic acids is 1. The van der Waals surface area contributed by atoms with Gasteiger partial charge in [0, 0.05) is 41.3 Å². The molecule has 4 rings (SSSR count). The second-order valence-corrected chi connectivity index (χ2v) is 6.56. The zero-order valence-electron chi connectivity index (χ0n) is 14.4. The molecule has 0 aliphatic carbocycles. The van der Waals surface area contributed by atoms with Gasteiger partial charge in [0.15, 0.2) is 0 Å². The molecule has 1 unspecified atom stereocenters. The van der Waals surface area contributed by atoms with Gasteiger partial charge in [-0.25, -0.2) is 0 Å². The molecule has 122 valence electrons. The summed E-state index contributed by atoms with van der Waals surface area (Å²) in [6, 6.07) is 16.6. The Hall–Kier alpha value is -2.55. The van der Waals surface area contributed by atoms with Crippen LogP contribution < -0.4 is 0 Å². The number of benzene rings is 2. The number of rotatable bonds is 3. The highest BCUT2D eigenvalue weighted by atomic mass is 16.2. The van der Waals surface area contributed by atoms with Crippen molar-refractivity contribution in [2.24, 2.45) is 7.05 Å². The van der Waals surface area contributed by atoms with Crippen LogP contribution in [0.15, 0.2) is 48.5 Å². The van der Waals surface area contributed by atoms with E-state index in [1.807, 2.05) is 23.1 Å². The maximum Gasteiger partial charge on any atom is 0.255 e. The first-order valence-corrected chi connectivity index (χ1v) is 8.59. The van der Waals surface area contributed by atoms with Crippen molar-refractivity contribution in [1.29, 1.82) is 0 Å². The summed E-state index contributed by atoms with van der Waals surface area (Å²) in [5.41, 5.74) is 5.70. The minimum Gasteiger partial charge on any atom is -0.348 e. The molecule has 2 aromatic carbocycles. The van der Waals surface area contributed by atoms with E-state index in [9.17, 15) is 4.79 Å². The molecule has 3 heteroatoms. The van der Waals surface area contributed by atoms with Crippen molar-refractivity contribution in [3.05, 3.63) is 70.9 Å². The number of hydrogen-bond donors (Lipinski definition) is 0. The van der Waals surface area contributed by atoms with Crippen LogP contribution in [0.2, 0.25) is 0 Å². The fourth-order valence-corrected chi connectivity index (χ4v) is 4.05. The molecular weight excluding hydrogens is 296 g/mol. The van der Waals surface area contributed by atoms with Gasteiger partial charge in [0.25, 0.3) is 5.91 Å². The predicted molar refractivity (Wildman–Crippen MR) is 97.3 cm³/mol. The molecule has 1 amide bonds. The van der Waals surface area contributed by atoms with Gasteiger partial charge in [0.05, 0.1) is 6.04 Å². The smallest absolute Gasteiger partial charge is 0.255 e. The zero-order chi connectivity index (χ0) is 16.8. The van der Waals surface area contributed by atoms with Crippen LogP contribution in [0.4, 0.5) is 0 Å². The molecule has 0 saturated heterocycles. The summed E-state index contributed by atoms with van der Waals surface area (Å²) in [5, 5.41) is 1.24. The van der Waals surface area contributed by atoms with Gasteiger partial charge in [-0.3, -0.25) is 4.79 Å². The third-order valence-corrected chi connectivity index (χ3v) is 5.24. The monoisotopic (exact) mass is 318 g/mol. The Balaban J connectivity index is 2.01. The second kappa shape index (κ2) is 5.52. The molecule has 24 heavy (non-hydrogen) atoms. The van der Waals surface area contributed by atoms with Crippen molar-refractivity contribution in [3.63, 3.8) is 0 Å². The summed E-state index contributed by atoms with van der Waals surface area (Å²) in [7, 11) is 2.11. The van der Waals surface area contributed by atoms with Crippen molar-refractivity contribution in [3.8, 4) is 0 Å². The van der Waals surface area contributed by atoms with E-state index in [4.69, 9.17) is 0 Å². The Morgan fingerprint density at radius 2 is 1.75 bits per heavy atom. The van der Waals surface area contributed by atoms with Crippen LogP contribution in [0.1, 0.15) is 46.6 Å². The Labute approximate surface area is 142 Å². The average molecular weight is 318 g/mol. The number of fused-ring (bicyclic) bond motifs is 2. The van der Waals surface area contributed by atoms with Gasteiger partial charge in [0.2, 0.25) is 0 Å². The van der Waals surface area contributed by atoms with Crippen molar-refractivity contribution in [2.45, 2.75) is 26.3 Å². The van der Waals surface area contributed by atoms with E-state index < -0.39 is 0 Å². The first-order chi connectivity index (χ1) is 11.6. The highest BCUT2D eigenvalue weighted by Crippen LogP contribution is 2.43. The van der Waals surface area contributed by atoms with Crippen LogP contribution >= 0.6 is 0 Å². The molecule has 0 saturated carbocycles. The van der Waals surface area contributed by atoms with Crippen LogP contribution in [0.5, 0.6) is 0 Å². The Morgan fingerprint density at radius 3 is 2.54 bits per heavy atom. The lowest BCUT2D eigenvalue weighted by Crippen LogP contribution is -2.29. The van der Waals surface area contributed by atoms with E-state index in [2.05, 4.69) is 55.8 Å². The molecule has 0 fully saturated rings. The van der Waals surface area contributed by atoms with Crippen molar-refractivity contribution in [1.82, 2.24) is 9.47 Å². The number of hydrogen-bond acceptors (Lipinski definition) is 1. The molecule has 0 spiro atoms. The molecule has 0 N–H and O–H groups in total. The van der Waals surface area contributed by atoms with Gasteiger partial charge in [-0.1, -0.05) is 43.3 Å². The Kier molecular flexibility index (Phi) is 3.45. The van der Waals surface area contributed by atoms with E-state index in [0.29, 0.717) is 0 Å². The molecule has 1 atom stereocenters. The van der Waals surface area contributed by atoms with Crippen LogP contribution in [-0.2, 0) is 7.05 Å². The molecule has 1 aliphatic rings. The molecule has 1 aliphatic heterocycles. The van der Waals surface area contributed by atoms with Gasteiger partial charge in [-0.15, -0.1) is 0 Å². The lowest BCUT2D eigenvalue weighted by Gasteiger charge is -2.26. The van der Waals surface area contributed by atoms with Crippen LogP contribution in [0, 0.1) is 6.92 Å². The molecular formula is C21H22N2O. The summed E-state index contributed by atoms with van der Waals surface area (Å²) in [6.07, 6.45) is 0.958. The van der Waals surface area contributed by atoms with Crippen LogP contribution in [0.3, 0.4) is 0 Å². The largest absolute Gasteiger partial charge is 0.348 e. The van der Waals surface area contributed by atoms with Crippen molar-refractivity contribution in [2.75, 3.05) is 6.54 Å². The fraction of sp³-hybridized carbons (Fsp3) is 0.286. The SMILES string of the molecule is CCCN1C(=O)c2ccccc2C1c1c(C)n(C)c2ccccc12. The molecule has 0 bridgehead atoms. The number of aryl methyl sites for hydroxylation is 1. The van der Waals surface area contributed by atoms with E-state index in [1.54, 1.807) is 0 Å². The molecule has 3 nitrogen and oxygen atoms in total. The van der Waals surface area contributed by atoms with Gasteiger partial charge in [-0.2, -0.15) is 0 Å². The number of para-hydroxylation sites is 1. The number of amides is 1. The van der Waals surface area contributed by atoms with E-state index >= 15 is 0 Å². The first kappa shape index (κ1) is 15.0. The minimum atomic E-state index is 0.0137. The Bertz CT molecular complexity index is 938.